The number of rotatable bonds is 3. The van der Waals surface area contributed by atoms with E-state index in [4.69, 9.17) is 9.97 Å². The van der Waals surface area contributed by atoms with Crippen LogP contribution < -0.4 is 0 Å². The monoisotopic (exact) mass is 637 g/mol. The lowest BCUT2D eigenvalue weighted by Gasteiger charge is -2.23. The summed E-state index contributed by atoms with van der Waals surface area (Å²) in [6.07, 6.45) is 0. The molecule has 9 aromatic rings. The maximum atomic E-state index is 5.19. The lowest BCUT2D eigenvalue weighted by molar-refractivity contribution is 0.660. The molecule has 7 aromatic carbocycles. The van der Waals surface area contributed by atoms with E-state index in [-0.39, 0.29) is 5.41 Å². The number of nitrogens with zero attached hydrogens (tertiary/aromatic N) is 3. The Morgan fingerprint density at radius 3 is 2.06 bits per heavy atom. The molecule has 0 saturated heterocycles. The highest BCUT2D eigenvalue weighted by molar-refractivity contribution is 6.22. The van der Waals surface area contributed by atoms with Gasteiger partial charge < -0.3 is 4.57 Å². The molecule has 0 atom stereocenters. The standard InChI is InChI=1S/C47H31N3/c1-47(2)38-26-30(44-34-16-6-8-20-40(34)48-46(49-44)29-12-4-3-5-13-29)22-24-32(38)33-25-23-31(27-39(33)47)50-41-21-9-7-17-35(41)43-36-18-10-14-28-15-11-19-37(42(28)36)45(43)50/h3-27H,1-2H3. The molecule has 3 nitrogen and oxygen atoms in total. The highest BCUT2D eigenvalue weighted by Crippen LogP contribution is 2.54. The SMILES string of the molecule is CC1(C)c2cc(-c3nc(-c4ccccc4)nc4ccccc34)ccc2-c2ccc(-n3c4c(c5ccccc53)-c3cccc5cccc-4c35)cc21. The summed E-state index contributed by atoms with van der Waals surface area (Å²) in [4.78, 5) is 10.2. The lowest BCUT2D eigenvalue weighted by atomic mass is 9.81. The second-order valence-corrected chi connectivity index (χ2v) is 14.2. The fourth-order valence-electron chi connectivity index (χ4n) is 8.81. The van der Waals surface area contributed by atoms with Crippen molar-refractivity contribution in [2.75, 3.05) is 0 Å². The van der Waals surface area contributed by atoms with Gasteiger partial charge in [-0.1, -0.05) is 135 Å². The second kappa shape index (κ2) is 9.87. The molecule has 0 radical (unpaired) electrons. The lowest BCUT2D eigenvalue weighted by Crippen LogP contribution is -2.15. The summed E-state index contributed by atoms with van der Waals surface area (Å²) < 4.78 is 2.50. The first-order valence-corrected chi connectivity index (χ1v) is 17.3. The van der Waals surface area contributed by atoms with Crippen molar-refractivity contribution in [3.05, 3.63) is 163 Å². The van der Waals surface area contributed by atoms with Gasteiger partial charge in [-0.15, -0.1) is 0 Å². The number of fused-ring (bicyclic) bond motifs is 9. The Labute approximate surface area is 290 Å². The third kappa shape index (κ3) is 3.64. The summed E-state index contributed by atoms with van der Waals surface area (Å²) in [5.41, 5.74) is 16.8. The minimum Gasteiger partial charge on any atom is -0.309 e. The van der Waals surface area contributed by atoms with E-state index < -0.39 is 0 Å². The molecule has 0 amide bonds. The van der Waals surface area contributed by atoms with Crippen LogP contribution in [0.25, 0.3) is 94.4 Å². The summed E-state index contributed by atoms with van der Waals surface area (Å²) in [7, 11) is 0. The number of hydrogen-bond donors (Lipinski definition) is 0. The molecule has 11 rings (SSSR count). The number of hydrogen-bond acceptors (Lipinski definition) is 2. The van der Waals surface area contributed by atoms with Crippen molar-refractivity contribution in [3.8, 4) is 61.8 Å². The van der Waals surface area contributed by atoms with Crippen LogP contribution in [0, 0.1) is 0 Å². The predicted octanol–water partition coefficient (Wildman–Crippen LogP) is 12.0. The molecule has 2 aromatic heterocycles. The van der Waals surface area contributed by atoms with E-state index >= 15 is 0 Å². The normalized spacial score (nSPS) is 13.6. The van der Waals surface area contributed by atoms with Crippen molar-refractivity contribution < 1.29 is 0 Å². The summed E-state index contributed by atoms with van der Waals surface area (Å²) in [6.45, 7) is 4.74. The minimum atomic E-state index is -0.211. The fraction of sp³-hybridized carbons (Fsp3) is 0.0638. The minimum absolute atomic E-state index is 0.211. The molecule has 50 heavy (non-hydrogen) atoms. The largest absolute Gasteiger partial charge is 0.309 e. The van der Waals surface area contributed by atoms with Crippen molar-refractivity contribution in [2.45, 2.75) is 19.3 Å². The van der Waals surface area contributed by atoms with Crippen LogP contribution in [0.1, 0.15) is 25.0 Å². The van der Waals surface area contributed by atoms with Crippen molar-refractivity contribution in [3.63, 3.8) is 0 Å². The zero-order chi connectivity index (χ0) is 33.1. The molecule has 0 unspecified atom stereocenters. The number of benzene rings is 7. The van der Waals surface area contributed by atoms with E-state index in [1.54, 1.807) is 0 Å². The molecule has 0 bridgehead atoms. The zero-order valence-electron chi connectivity index (χ0n) is 27.8. The average molecular weight is 638 g/mol. The van der Waals surface area contributed by atoms with Crippen LogP contribution in [0.2, 0.25) is 0 Å². The molecule has 234 valence electrons. The number of aromatic nitrogens is 3. The fourth-order valence-corrected chi connectivity index (χ4v) is 8.81. The third-order valence-corrected chi connectivity index (χ3v) is 11.1. The van der Waals surface area contributed by atoms with Gasteiger partial charge in [0.25, 0.3) is 0 Å². The van der Waals surface area contributed by atoms with Crippen LogP contribution in [0.15, 0.2) is 152 Å². The Morgan fingerprint density at radius 2 is 1.22 bits per heavy atom. The molecule has 2 aliphatic carbocycles. The highest BCUT2D eigenvalue weighted by Gasteiger charge is 2.37. The van der Waals surface area contributed by atoms with E-state index in [9.17, 15) is 0 Å². The molecule has 0 saturated carbocycles. The predicted molar refractivity (Wildman–Crippen MR) is 207 cm³/mol. The first-order valence-electron chi connectivity index (χ1n) is 17.3. The Hall–Kier alpha value is -6.32. The summed E-state index contributed by atoms with van der Waals surface area (Å²) in [5.74, 6) is 0.747. The van der Waals surface area contributed by atoms with Crippen molar-refractivity contribution in [2.24, 2.45) is 0 Å². The first kappa shape index (κ1) is 27.6. The van der Waals surface area contributed by atoms with E-state index in [1.807, 2.05) is 18.2 Å². The molecule has 3 heteroatoms. The second-order valence-electron chi connectivity index (χ2n) is 14.2. The Balaban J connectivity index is 1.09. The summed E-state index contributed by atoms with van der Waals surface area (Å²) in [5, 5.41) is 5.01. The maximum absolute atomic E-state index is 5.19. The molecular formula is C47H31N3. The van der Waals surface area contributed by atoms with E-state index in [0.29, 0.717) is 0 Å². The molecule has 0 N–H and O–H groups in total. The van der Waals surface area contributed by atoms with Crippen LogP contribution in [0.5, 0.6) is 0 Å². The van der Waals surface area contributed by atoms with E-state index in [1.165, 1.54) is 72.0 Å². The highest BCUT2D eigenvalue weighted by atomic mass is 15.0. The van der Waals surface area contributed by atoms with Gasteiger partial charge in [-0.3, -0.25) is 0 Å². The van der Waals surface area contributed by atoms with Crippen LogP contribution in [0.3, 0.4) is 0 Å². The molecule has 2 heterocycles. The quantitative estimate of drug-likeness (QED) is 0.193. The van der Waals surface area contributed by atoms with Crippen LogP contribution in [-0.2, 0) is 5.41 Å². The third-order valence-electron chi connectivity index (χ3n) is 11.1. The van der Waals surface area contributed by atoms with Gasteiger partial charge in [0.05, 0.1) is 22.4 Å². The van der Waals surface area contributed by atoms with Crippen molar-refractivity contribution >= 4 is 32.6 Å². The van der Waals surface area contributed by atoms with Gasteiger partial charge in [-0.2, -0.15) is 0 Å². The summed E-state index contributed by atoms with van der Waals surface area (Å²) in [6, 6.07) is 55.0. The molecule has 0 fully saturated rings. The Morgan fingerprint density at radius 1 is 0.520 bits per heavy atom. The van der Waals surface area contributed by atoms with E-state index in [0.717, 1.165) is 33.5 Å². The average Bonchev–Trinajstić information content (AvgIpc) is 3.76. The van der Waals surface area contributed by atoms with Crippen LogP contribution >= 0.6 is 0 Å². The zero-order valence-corrected chi connectivity index (χ0v) is 27.8. The van der Waals surface area contributed by atoms with Crippen molar-refractivity contribution in [1.82, 2.24) is 14.5 Å². The van der Waals surface area contributed by atoms with Gasteiger partial charge in [0, 0.05) is 44.1 Å². The van der Waals surface area contributed by atoms with Crippen LogP contribution in [-0.4, -0.2) is 14.5 Å². The summed E-state index contributed by atoms with van der Waals surface area (Å²) >= 11 is 0. The van der Waals surface area contributed by atoms with Crippen LogP contribution in [0.4, 0.5) is 0 Å². The topological polar surface area (TPSA) is 30.7 Å². The van der Waals surface area contributed by atoms with Gasteiger partial charge in [0.2, 0.25) is 0 Å². The maximum Gasteiger partial charge on any atom is 0.160 e. The van der Waals surface area contributed by atoms with Gasteiger partial charge in [-0.25, -0.2) is 9.97 Å². The molecule has 2 aliphatic rings. The Bertz CT molecular complexity index is 2890. The Kier molecular flexibility index (Phi) is 5.45. The van der Waals surface area contributed by atoms with Gasteiger partial charge in [0.1, 0.15) is 0 Å². The van der Waals surface area contributed by atoms with E-state index in [2.05, 4.69) is 152 Å². The van der Waals surface area contributed by atoms with Gasteiger partial charge in [-0.05, 0) is 68.9 Å². The number of para-hydroxylation sites is 2. The smallest absolute Gasteiger partial charge is 0.160 e. The van der Waals surface area contributed by atoms with Gasteiger partial charge >= 0.3 is 0 Å². The molecular weight excluding hydrogens is 607 g/mol. The van der Waals surface area contributed by atoms with Gasteiger partial charge in [0.15, 0.2) is 5.82 Å². The first-order chi connectivity index (χ1) is 24.6. The molecule has 0 aliphatic heterocycles. The van der Waals surface area contributed by atoms with Crippen molar-refractivity contribution in [1.29, 1.82) is 0 Å². The molecule has 0 spiro atoms.